The highest BCUT2D eigenvalue weighted by molar-refractivity contribution is 8.11. The Bertz CT molecular complexity index is 1200. The SMILES string of the molecule is CC1CC=C2SC=C1C(=O)NC1=CN(C3CCOCC3)C(C)CC=C1C(=O)NCCOCCc1cc2ccn1. The van der Waals surface area contributed by atoms with Gasteiger partial charge < -0.3 is 25.0 Å². The molecule has 8 nitrogen and oxygen atoms in total. The Kier molecular flexibility index (Phi) is 9.21. The van der Waals surface area contributed by atoms with E-state index in [1.165, 1.54) is 0 Å². The average Bonchev–Trinajstić information content (AvgIpc) is 3.24. The number of fused-ring (bicyclic) bond motifs is 6. The summed E-state index contributed by atoms with van der Waals surface area (Å²) in [5.74, 6) is -0.344. The Hall–Kier alpha value is -2.88. The second-order valence-corrected chi connectivity index (χ2v) is 11.5. The maximum atomic E-state index is 13.8. The van der Waals surface area contributed by atoms with E-state index < -0.39 is 0 Å². The lowest BCUT2D eigenvalue weighted by Gasteiger charge is -2.37. The van der Waals surface area contributed by atoms with Crippen LogP contribution in [0.15, 0.2) is 58.9 Å². The lowest BCUT2D eigenvalue weighted by molar-refractivity contribution is -0.117. The molecule has 39 heavy (non-hydrogen) atoms. The monoisotopic (exact) mass is 550 g/mol. The van der Waals surface area contributed by atoms with E-state index in [0.717, 1.165) is 48.6 Å². The van der Waals surface area contributed by atoms with Crippen LogP contribution in [0.1, 0.15) is 50.8 Å². The minimum absolute atomic E-state index is 0.0324. The second-order valence-electron chi connectivity index (χ2n) is 10.5. The largest absolute Gasteiger partial charge is 0.381 e. The lowest BCUT2D eigenvalue weighted by atomic mass is 9.97. The molecule has 1 aromatic rings. The number of carbonyl (C=O) groups excluding carboxylic acids is 2. The normalized spacial score (nSPS) is 25.8. The van der Waals surface area contributed by atoms with Crippen molar-refractivity contribution in [3.05, 3.63) is 70.2 Å². The van der Waals surface area contributed by atoms with Crippen LogP contribution in [0.2, 0.25) is 0 Å². The molecule has 5 rings (SSSR count). The fourth-order valence-corrected chi connectivity index (χ4v) is 6.42. The van der Waals surface area contributed by atoms with Gasteiger partial charge in [-0.1, -0.05) is 30.8 Å². The zero-order chi connectivity index (χ0) is 27.2. The van der Waals surface area contributed by atoms with Gasteiger partial charge in [0.2, 0.25) is 0 Å². The highest BCUT2D eigenvalue weighted by atomic mass is 32.2. The standard InChI is InChI=1S/C30H38N4O4S/c1-20-3-6-28-22-7-11-31-23(17-22)8-13-38-16-12-32-29(35)25-5-4-21(2)34(24-9-14-37-15-10-24)18-27(25)33-30(36)26(20)19-39-28/h5-7,11,17-21,24H,3-4,8-10,12-16H2,1-2H3,(H,32,35)(H,33,36). The Balaban J connectivity index is 1.47. The van der Waals surface area contributed by atoms with Gasteiger partial charge in [-0.15, -0.1) is 0 Å². The van der Waals surface area contributed by atoms with Gasteiger partial charge in [0.1, 0.15) is 0 Å². The molecule has 2 N–H and O–H groups in total. The number of nitrogens with one attached hydrogen (secondary N) is 2. The molecule has 0 radical (unpaired) electrons. The molecule has 2 amide bonds. The molecule has 1 saturated heterocycles. The molecule has 4 bridgehead atoms. The summed E-state index contributed by atoms with van der Waals surface area (Å²) >= 11 is 1.56. The third-order valence-electron chi connectivity index (χ3n) is 7.74. The number of amides is 2. The second kappa shape index (κ2) is 13.0. The summed E-state index contributed by atoms with van der Waals surface area (Å²) in [7, 11) is 0. The van der Waals surface area contributed by atoms with Gasteiger partial charge in [-0.3, -0.25) is 14.6 Å². The zero-order valence-corrected chi connectivity index (χ0v) is 23.6. The molecular formula is C30H38N4O4S. The summed E-state index contributed by atoms with van der Waals surface area (Å²) in [5, 5.41) is 8.10. The summed E-state index contributed by atoms with van der Waals surface area (Å²) < 4.78 is 11.4. The van der Waals surface area contributed by atoms with Gasteiger partial charge in [0, 0.05) is 66.8 Å². The number of rotatable bonds is 1. The van der Waals surface area contributed by atoms with Gasteiger partial charge in [0.05, 0.1) is 24.5 Å². The molecule has 2 unspecified atom stereocenters. The van der Waals surface area contributed by atoms with Crippen molar-refractivity contribution in [1.29, 1.82) is 0 Å². The van der Waals surface area contributed by atoms with E-state index in [-0.39, 0.29) is 23.8 Å². The molecule has 5 heterocycles. The van der Waals surface area contributed by atoms with Crippen molar-refractivity contribution in [3.63, 3.8) is 0 Å². The number of pyridine rings is 1. The number of hydrogen-bond acceptors (Lipinski definition) is 7. The van der Waals surface area contributed by atoms with Gasteiger partial charge in [0.15, 0.2) is 0 Å². The maximum absolute atomic E-state index is 13.8. The van der Waals surface area contributed by atoms with Crippen molar-refractivity contribution in [2.75, 3.05) is 33.0 Å². The number of allylic oxidation sites excluding steroid dienone is 1. The molecule has 9 heteroatoms. The van der Waals surface area contributed by atoms with Crippen LogP contribution in [-0.2, 0) is 25.5 Å². The van der Waals surface area contributed by atoms with Crippen molar-refractivity contribution in [3.8, 4) is 0 Å². The Labute approximate surface area is 235 Å². The molecule has 0 aromatic carbocycles. The fourth-order valence-electron chi connectivity index (χ4n) is 5.37. The van der Waals surface area contributed by atoms with Gasteiger partial charge in [-0.25, -0.2) is 0 Å². The lowest BCUT2D eigenvalue weighted by Crippen LogP contribution is -2.42. The first-order chi connectivity index (χ1) is 19.0. The van der Waals surface area contributed by atoms with Crippen LogP contribution >= 0.6 is 11.8 Å². The van der Waals surface area contributed by atoms with Crippen molar-refractivity contribution in [1.82, 2.24) is 20.5 Å². The molecule has 208 valence electrons. The van der Waals surface area contributed by atoms with Crippen LogP contribution in [0, 0.1) is 5.92 Å². The molecular weight excluding hydrogens is 512 g/mol. The molecule has 0 aliphatic carbocycles. The van der Waals surface area contributed by atoms with E-state index >= 15 is 0 Å². The summed E-state index contributed by atoms with van der Waals surface area (Å²) in [4.78, 5) is 35.1. The molecule has 4 aliphatic heterocycles. The maximum Gasteiger partial charge on any atom is 0.253 e. The van der Waals surface area contributed by atoms with E-state index in [9.17, 15) is 9.59 Å². The van der Waals surface area contributed by atoms with Crippen LogP contribution in [0.3, 0.4) is 0 Å². The molecule has 1 fully saturated rings. The summed E-state index contributed by atoms with van der Waals surface area (Å²) in [6, 6.07) is 4.60. The van der Waals surface area contributed by atoms with Crippen molar-refractivity contribution < 1.29 is 19.1 Å². The third kappa shape index (κ3) is 6.83. The van der Waals surface area contributed by atoms with Crippen molar-refractivity contribution in [2.45, 2.75) is 58.0 Å². The Morgan fingerprint density at radius 2 is 1.85 bits per heavy atom. The molecule has 2 atom stereocenters. The fraction of sp³-hybridized carbons (Fsp3) is 0.500. The number of aromatic nitrogens is 1. The first-order valence-corrected chi connectivity index (χ1v) is 14.8. The number of hydrogen-bond donors (Lipinski definition) is 2. The molecule has 0 spiro atoms. The predicted octanol–water partition coefficient (Wildman–Crippen LogP) is 3.93. The van der Waals surface area contributed by atoms with E-state index in [0.29, 0.717) is 55.5 Å². The van der Waals surface area contributed by atoms with E-state index in [1.807, 2.05) is 29.9 Å². The molecule has 0 saturated carbocycles. The molecule has 1 aromatic heterocycles. The zero-order valence-electron chi connectivity index (χ0n) is 22.8. The number of nitrogens with zero attached hydrogens (tertiary/aromatic N) is 2. The Morgan fingerprint density at radius 1 is 1.03 bits per heavy atom. The number of ether oxygens (including phenoxy) is 2. The van der Waals surface area contributed by atoms with Crippen LogP contribution in [0.25, 0.3) is 4.91 Å². The highest BCUT2D eigenvalue weighted by Crippen LogP contribution is 2.36. The quantitative estimate of drug-likeness (QED) is 0.548. The average molecular weight is 551 g/mol. The predicted molar refractivity (Wildman–Crippen MR) is 153 cm³/mol. The van der Waals surface area contributed by atoms with Crippen molar-refractivity contribution >= 4 is 28.5 Å². The van der Waals surface area contributed by atoms with E-state index in [2.05, 4.69) is 46.5 Å². The van der Waals surface area contributed by atoms with Gasteiger partial charge in [-0.05, 0) is 61.6 Å². The first kappa shape index (κ1) is 27.7. The van der Waals surface area contributed by atoms with Crippen molar-refractivity contribution in [2.24, 2.45) is 5.92 Å². The van der Waals surface area contributed by atoms with Crippen LogP contribution < -0.4 is 10.6 Å². The van der Waals surface area contributed by atoms with Crippen LogP contribution in [0.5, 0.6) is 0 Å². The first-order valence-electron chi connectivity index (χ1n) is 14.0. The number of thioether (sulfide) groups is 1. The summed E-state index contributed by atoms with van der Waals surface area (Å²) in [5.41, 5.74) is 3.81. The van der Waals surface area contributed by atoms with Gasteiger partial charge in [-0.2, -0.15) is 0 Å². The minimum atomic E-state index is -0.206. The number of carbonyl (C=O) groups is 2. The van der Waals surface area contributed by atoms with Crippen LogP contribution in [0.4, 0.5) is 0 Å². The van der Waals surface area contributed by atoms with Gasteiger partial charge in [0.25, 0.3) is 11.8 Å². The Morgan fingerprint density at radius 3 is 2.69 bits per heavy atom. The van der Waals surface area contributed by atoms with Gasteiger partial charge >= 0.3 is 0 Å². The van der Waals surface area contributed by atoms with E-state index in [4.69, 9.17) is 9.47 Å². The smallest absolute Gasteiger partial charge is 0.253 e. The van der Waals surface area contributed by atoms with E-state index in [1.54, 1.807) is 11.8 Å². The topological polar surface area (TPSA) is 92.8 Å². The van der Waals surface area contributed by atoms with Crippen LogP contribution in [-0.4, -0.2) is 66.8 Å². The molecule has 4 aliphatic rings. The third-order valence-corrected chi connectivity index (χ3v) is 8.77. The summed E-state index contributed by atoms with van der Waals surface area (Å²) in [6.07, 6.45) is 12.0. The summed E-state index contributed by atoms with van der Waals surface area (Å²) in [6.45, 7) is 7.00. The highest BCUT2D eigenvalue weighted by Gasteiger charge is 2.29. The minimum Gasteiger partial charge on any atom is -0.381 e.